The molecular formula is C22H21F3N2O2. The van der Waals surface area contributed by atoms with E-state index in [0.29, 0.717) is 11.8 Å². The van der Waals surface area contributed by atoms with E-state index >= 15 is 0 Å². The fraction of sp³-hybridized carbons (Fsp3) is 0.318. The number of hydrogen-bond acceptors (Lipinski definition) is 3. The summed E-state index contributed by atoms with van der Waals surface area (Å²) < 4.78 is 40.5. The second kappa shape index (κ2) is 7.22. The van der Waals surface area contributed by atoms with Crippen molar-refractivity contribution < 1.29 is 18.3 Å². The maximum atomic E-state index is 13.5. The predicted molar refractivity (Wildman–Crippen MR) is 106 cm³/mol. The molecule has 1 saturated heterocycles. The van der Waals surface area contributed by atoms with E-state index in [1.807, 2.05) is 42.2 Å². The largest absolute Gasteiger partial charge is 0.417 e. The van der Waals surface area contributed by atoms with Gasteiger partial charge in [0.25, 0.3) is 0 Å². The van der Waals surface area contributed by atoms with E-state index in [4.69, 9.17) is 0 Å². The van der Waals surface area contributed by atoms with Gasteiger partial charge < -0.3 is 15.0 Å². The summed E-state index contributed by atoms with van der Waals surface area (Å²) in [5.74, 6) is 0. The van der Waals surface area contributed by atoms with Gasteiger partial charge in [-0.25, -0.2) is 0 Å². The van der Waals surface area contributed by atoms with Crippen LogP contribution < -0.4 is 10.5 Å². The number of pyridine rings is 1. The van der Waals surface area contributed by atoms with Crippen molar-refractivity contribution in [2.45, 2.75) is 44.1 Å². The van der Waals surface area contributed by atoms with Crippen LogP contribution in [0.15, 0.2) is 59.4 Å². The molecule has 0 bridgehead atoms. The molecule has 1 fully saturated rings. The number of fused-ring (bicyclic) bond motifs is 1. The van der Waals surface area contributed by atoms with Crippen molar-refractivity contribution in [3.8, 4) is 0 Å². The van der Waals surface area contributed by atoms with Crippen LogP contribution in [0.25, 0.3) is 10.9 Å². The Bertz CT molecular complexity index is 1080. The van der Waals surface area contributed by atoms with Crippen LogP contribution in [-0.2, 0) is 6.18 Å². The molecule has 0 aliphatic carbocycles. The lowest BCUT2D eigenvalue weighted by Gasteiger charge is -2.34. The van der Waals surface area contributed by atoms with Crippen molar-refractivity contribution in [2.75, 3.05) is 4.90 Å². The average Bonchev–Trinajstić information content (AvgIpc) is 3.07. The molecule has 0 radical (unpaired) electrons. The van der Waals surface area contributed by atoms with Gasteiger partial charge in [0.15, 0.2) is 0 Å². The van der Waals surface area contributed by atoms with Crippen LogP contribution in [-0.4, -0.2) is 22.2 Å². The van der Waals surface area contributed by atoms with Gasteiger partial charge in [0.2, 0.25) is 5.56 Å². The first-order valence-electron chi connectivity index (χ1n) is 9.51. The van der Waals surface area contributed by atoms with E-state index in [-0.39, 0.29) is 23.0 Å². The second-order valence-electron chi connectivity index (χ2n) is 7.53. The molecule has 3 atom stereocenters. The Hall–Kier alpha value is -2.80. The summed E-state index contributed by atoms with van der Waals surface area (Å²) in [6.45, 7) is 2.00. The molecule has 152 valence electrons. The molecule has 4 rings (SSSR count). The lowest BCUT2D eigenvalue weighted by Crippen LogP contribution is -2.38. The second-order valence-corrected chi connectivity index (χ2v) is 7.53. The topological polar surface area (TPSA) is 56.3 Å². The van der Waals surface area contributed by atoms with Gasteiger partial charge in [0.05, 0.1) is 17.7 Å². The maximum absolute atomic E-state index is 13.5. The van der Waals surface area contributed by atoms with Crippen LogP contribution in [0.4, 0.5) is 18.9 Å². The van der Waals surface area contributed by atoms with Crippen LogP contribution in [0.3, 0.4) is 0 Å². The zero-order valence-corrected chi connectivity index (χ0v) is 15.8. The van der Waals surface area contributed by atoms with E-state index in [0.717, 1.165) is 18.4 Å². The Balaban J connectivity index is 1.80. The first-order chi connectivity index (χ1) is 13.8. The molecule has 0 spiro atoms. The van der Waals surface area contributed by atoms with Gasteiger partial charge in [0, 0.05) is 28.7 Å². The number of H-pyrrole nitrogens is 1. The number of aromatic amines is 1. The summed E-state index contributed by atoms with van der Waals surface area (Å²) in [5, 5.41) is 10.9. The zero-order valence-electron chi connectivity index (χ0n) is 15.8. The summed E-state index contributed by atoms with van der Waals surface area (Å²) in [7, 11) is 0. The van der Waals surface area contributed by atoms with Gasteiger partial charge >= 0.3 is 6.18 Å². The molecule has 29 heavy (non-hydrogen) atoms. The Morgan fingerprint density at radius 3 is 2.52 bits per heavy atom. The highest BCUT2D eigenvalue weighted by Gasteiger charge is 2.37. The smallest absolute Gasteiger partial charge is 0.386 e. The van der Waals surface area contributed by atoms with Crippen molar-refractivity contribution in [1.82, 2.24) is 4.98 Å². The number of anilines is 1. The summed E-state index contributed by atoms with van der Waals surface area (Å²) in [4.78, 5) is 16.1. The highest BCUT2D eigenvalue weighted by molar-refractivity contribution is 5.86. The molecule has 0 amide bonds. The summed E-state index contributed by atoms with van der Waals surface area (Å²) in [6.07, 6.45) is -3.84. The number of rotatable bonds is 3. The summed E-state index contributed by atoms with van der Waals surface area (Å²) in [5.41, 5.74) is -0.229. The fourth-order valence-corrected chi connectivity index (χ4v) is 4.28. The minimum Gasteiger partial charge on any atom is -0.386 e. The van der Waals surface area contributed by atoms with E-state index in [9.17, 15) is 23.1 Å². The lowest BCUT2D eigenvalue weighted by atomic mass is 9.99. The highest BCUT2D eigenvalue weighted by atomic mass is 19.4. The summed E-state index contributed by atoms with van der Waals surface area (Å²) >= 11 is 0. The summed E-state index contributed by atoms with van der Waals surface area (Å²) in [6, 6.07) is 14.3. The van der Waals surface area contributed by atoms with Crippen molar-refractivity contribution in [3.05, 3.63) is 76.1 Å². The Labute approximate surface area is 165 Å². The van der Waals surface area contributed by atoms with Crippen molar-refractivity contribution in [1.29, 1.82) is 0 Å². The fourth-order valence-electron chi connectivity index (χ4n) is 4.28. The molecule has 2 unspecified atom stereocenters. The van der Waals surface area contributed by atoms with E-state index in [2.05, 4.69) is 4.98 Å². The maximum Gasteiger partial charge on any atom is 0.417 e. The number of benzene rings is 2. The molecule has 4 nitrogen and oxygen atoms in total. The molecule has 0 saturated carbocycles. The van der Waals surface area contributed by atoms with Gasteiger partial charge in [-0.15, -0.1) is 0 Å². The Morgan fingerprint density at radius 2 is 1.83 bits per heavy atom. The number of nitrogens with zero attached hydrogens (tertiary/aromatic N) is 1. The predicted octanol–water partition coefficient (Wildman–Crippen LogP) is 4.64. The van der Waals surface area contributed by atoms with Crippen molar-refractivity contribution in [2.24, 2.45) is 0 Å². The zero-order chi connectivity index (χ0) is 20.8. The highest BCUT2D eigenvalue weighted by Crippen LogP contribution is 2.40. The molecule has 2 N–H and O–H groups in total. The van der Waals surface area contributed by atoms with Gasteiger partial charge in [-0.2, -0.15) is 13.2 Å². The van der Waals surface area contributed by atoms with Gasteiger partial charge in [-0.05, 0) is 43.5 Å². The monoisotopic (exact) mass is 402 g/mol. The van der Waals surface area contributed by atoms with Crippen LogP contribution in [0.1, 0.15) is 37.0 Å². The molecule has 2 heterocycles. The quantitative estimate of drug-likeness (QED) is 0.671. The number of aliphatic hydroxyl groups is 1. The average molecular weight is 402 g/mol. The van der Waals surface area contributed by atoms with Gasteiger partial charge in [-0.1, -0.05) is 30.3 Å². The molecule has 7 heteroatoms. The standard InChI is InChI=1S/C22H21F3N2O2/c1-13-7-10-19(21(29)14-5-3-2-4-6-14)27(13)15-8-9-18-16(11-15)17(22(23,24)25)12-20(28)26-18/h2-6,8-9,11-13,19,21,29H,7,10H2,1H3,(H,26,28)/t13?,19?,21-/m1/s1. The molecule has 1 aromatic heterocycles. The Kier molecular flexibility index (Phi) is 4.86. The third-order valence-electron chi connectivity index (χ3n) is 5.65. The lowest BCUT2D eigenvalue weighted by molar-refractivity contribution is -0.136. The third-order valence-corrected chi connectivity index (χ3v) is 5.65. The number of nitrogens with one attached hydrogen (secondary N) is 1. The first kappa shape index (κ1) is 19.5. The van der Waals surface area contributed by atoms with Gasteiger partial charge in [0.1, 0.15) is 0 Å². The third kappa shape index (κ3) is 3.62. The molecular weight excluding hydrogens is 381 g/mol. The van der Waals surface area contributed by atoms with Crippen LogP contribution in [0, 0.1) is 0 Å². The van der Waals surface area contributed by atoms with Crippen LogP contribution in [0.2, 0.25) is 0 Å². The van der Waals surface area contributed by atoms with Crippen LogP contribution >= 0.6 is 0 Å². The van der Waals surface area contributed by atoms with Crippen molar-refractivity contribution in [3.63, 3.8) is 0 Å². The van der Waals surface area contributed by atoms with E-state index in [1.165, 1.54) is 12.1 Å². The number of alkyl halides is 3. The normalized spacial score (nSPS) is 20.9. The first-order valence-corrected chi connectivity index (χ1v) is 9.51. The van der Waals surface area contributed by atoms with E-state index < -0.39 is 23.4 Å². The minimum atomic E-state index is -4.63. The molecule has 3 aromatic rings. The molecule has 1 aliphatic heterocycles. The Morgan fingerprint density at radius 1 is 1.10 bits per heavy atom. The minimum absolute atomic E-state index is 0.0540. The number of aromatic nitrogens is 1. The van der Waals surface area contributed by atoms with Gasteiger partial charge in [-0.3, -0.25) is 4.79 Å². The van der Waals surface area contributed by atoms with E-state index in [1.54, 1.807) is 6.07 Å². The molecule has 1 aliphatic rings. The molecule has 2 aromatic carbocycles. The number of hydrogen-bond donors (Lipinski definition) is 2. The number of halogens is 3. The van der Waals surface area contributed by atoms with Crippen LogP contribution in [0.5, 0.6) is 0 Å². The van der Waals surface area contributed by atoms with Crippen molar-refractivity contribution >= 4 is 16.6 Å². The number of aliphatic hydroxyl groups excluding tert-OH is 1. The SMILES string of the molecule is CC1CCC([C@H](O)c2ccccc2)N1c1ccc2[nH]c(=O)cc(C(F)(F)F)c2c1.